The molecule has 0 saturated heterocycles. The number of nitrogens with one attached hydrogen (secondary N) is 1. The number of esters is 1. The van der Waals surface area contributed by atoms with Crippen molar-refractivity contribution in [3.63, 3.8) is 0 Å². The van der Waals surface area contributed by atoms with Crippen LogP contribution in [0.1, 0.15) is 24.1 Å². The van der Waals surface area contributed by atoms with Gasteiger partial charge in [-0.2, -0.15) is 0 Å². The number of aromatic amines is 1. The van der Waals surface area contributed by atoms with Crippen LogP contribution in [-0.4, -0.2) is 37.4 Å². The highest BCUT2D eigenvalue weighted by atomic mass is 16.5. The van der Waals surface area contributed by atoms with Crippen LogP contribution in [0, 0.1) is 0 Å². The average molecular weight is 286 g/mol. The number of H-pyrrole nitrogens is 1. The van der Waals surface area contributed by atoms with Gasteiger partial charge in [-0.25, -0.2) is 0 Å². The highest BCUT2D eigenvalue weighted by Crippen LogP contribution is 2.32. The average Bonchev–Trinajstić information content (AvgIpc) is 2.71. The molecular weight excluding hydrogens is 268 g/mol. The zero-order valence-electron chi connectivity index (χ0n) is 12.2. The van der Waals surface area contributed by atoms with Crippen LogP contribution in [0.4, 0.5) is 0 Å². The summed E-state index contributed by atoms with van der Waals surface area (Å²) in [5, 5.41) is 1.12. The fraction of sp³-hybridized carbons (Fsp3) is 0.375. The lowest BCUT2D eigenvalue weighted by molar-refractivity contribution is -0.143. The minimum Gasteiger partial charge on any atom is -0.497 e. The quantitative estimate of drug-likeness (QED) is 0.881. The molecule has 1 aromatic carbocycles. The van der Waals surface area contributed by atoms with E-state index in [4.69, 9.17) is 9.47 Å². The second-order valence-corrected chi connectivity index (χ2v) is 4.96. The minimum atomic E-state index is -0.458. The maximum absolute atomic E-state index is 12.2. The number of ether oxygens (including phenoxy) is 2. The smallest absolute Gasteiger partial charge is 0.320 e. The Morgan fingerprint density at radius 3 is 3.10 bits per heavy atom. The first-order valence-corrected chi connectivity index (χ1v) is 7.09. The van der Waals surface area contributed by atoms with Crippen LogP contribution in [-0.2, 0) is 16.0 Å². The van der Waals surface area contributed by atoms with Gasteiger partial charge < -0.3 is 14.5 Å². The molecule has 3 rings (SSSR count). The van der Waals surface area contributed by atoms with Crippen molar-refractivity contribution in [3.05, 3.63) is 29.5 Å². The normalized spacial score (nSPS) is 17.3. The zero-order valence-corrected chi connectivity index (χ0v) is 12.2. The molecule has 1 atom stereocenters. The molecule has 0 amide bonds. The molecule has 1 aromatic heterocycles. The van der Waals surface area contributed by atoms with Gasteiger partial charge in [0, 0.05) is 35.4 Å². The number of benzene rings is 1. The lowest BCUT2D eigenvalue weighted by Gasteiger charge is -2.10. The van der Waals surface area contributed by atoms with Gasteiger partial charge in [0.05, 0.1) is 13.7 Å². The maximum Gasteiger partial charge on any atom is 0.320 e. The SMILES string of the molecule is CCOC(=O)C1C=NCCc2c1[nH]c1cc(OC)ccc21. The van der Waals surface area contributed by atoms with Gasteiger partial charge in [0.15, 0.2) is 0 Å². The summed E-state index contributed by atoms with van der Waals surface area (Å²) in [5.41, 5.74) is 3.00. The first kappa shape index (κ1) is 13.7. The van der Waals surface area contributed by atoms with Crippen LogP contribution in [0.5, 0.6) is 5.75 Å². The third kappa shape index (κ3) is 2.39. The molecule has 1 aliphatic rings. The summed E-state index contributed by atoms with van der Waals surface area (Å²) in [6, 6.07) is 5.90. The Hall–Kier alpha value is -2.30. The third-order valence-electron chi connectivity index (χ3n) is 3.74. The number of carbonyl (C=O) groups excluding carboxylic acids is 1. The predicted molar refractivity (Wildman–Crippen MR) is 81.3 cm³/mol. The summed E-state index contributed by atoms with van der Waals surface area (Å²) in [5.74, 6) is 0.0732. The molecule has 2 heterocycles. The fourth-order valence-corrected chi connectivity index (χ4v) is 2.76. The van der Waals surface area contributed by atoms with Gasteiger partial charge in [-0.15, -0.1) is 0 Å². The number of nitrogens with zero attached hydrogens (tertiary/aromatic N) is 1. The largest absolute Gasteiger partial charge is 0.497 e. The second kappa shape index (κ2) is 5.60. The minimum absolute atomic E-state index is 0.261. The van der Waals surface area contributed by atoms with Crippen LogP contribution in [0.3, 0.4) is 0 Å². The molecule has 110 valence electrons. The lowest BCUT2D eigenvalue weighted by atomic mass is 10.0. The van der Waals surface area contributed by atoms with Crippen LogP contribution < -0.4 is 4.74 Å². The number of hydrogen-bond acceptors (Lipinski definition) is 4. The number of rotatable bonds is 3. The predicted octanol–water partition coefficient (Wildman–Crippen LogP) is 2.45. The van der Waals surface area contributed by atoms with E-state index in [0.717, 1.165) is 34.3 Å². The molecule has 2 aromatic rings. The van der Waals surface area contributed by atoms with Crippen LogP contribution in [0.25, 0.3) is 10.9 Å². The van der Waals surface area contributed by atoms with Crippen molar-refractivity contribution in [1.82, 2.24) is 4.98 Å². The molecule has 0 fully saturated rings. The molecule has 0 bridgehead atoms. The van der Waals surface area contributed by atoms with E-state index in [0.29, 0.717) is 13.2 Å². The number of fused-ring (bicyclic) bond motifs is 3. The summed E-state index contributed by atoms with van der Waals surface area (Å²) in [4.78, 5) is 19.8. The molecule has 5 heteroatoms. The van der Waals surface area contributed by atoms with E-state index in [1.165, 1.54) is 0 Å². The first-order chi connectivity index (χ1) is 10.2. The molecule has 0 radical (unpaired) electrons. The van der Waals surface area contributed by atoms with E-state index in [-0.39, 0.29) is 5.97 Å². The maximum atomic E-state index is 12.2. The van der Waals surface area contributed by atoms with Gasteiger partial charge in [-0.3, -0.25) is 9.79 Å². The van der Waals surface area contributed by atoms with Gasteiger partial charge in [0.25, 0.3) is 0 Å². The second-order valence-electron chi connectivity index (χ2n) is 4.96. The van der Waals surface area contributed by atoms with Crippen LogP contribution in [0.15, 0.2) is 23.2 Å². The molecule has 1 N–H and O–H groups in total. The summed E-state index contributed by atoms with van der Waals surface area (Å²) >= 11 is 0. The van der Waals surface area contributed by atoms with E-state index >= 15 is 0 Å². The molecule has 1 aliphatic heterocycles. The Balaban J connectivity index is 2.12. The van der Waals surface area contributed by atoms with E-state index in [9.17, 15) is 4.79 Å². The topological polar surface area (TPSA) is 63.7 Å². The van der Waals surface area contributed by atoms with Gasteiger partial charge in [-0.1, -0.05) is 0 Å². The molecule has 1 unspecified atom stereocenters. The fourth-order valence-electron chi connectivity index (χ4n) is 2.76. The molecular formula is C16H18N2O3. The molecule has 21 heavy (non-hydrogen) atoms. The molecule has 0 saturated carbocycles. The van der Waals surface area contributed by atoms with E-state index in [2.05, 4.69) is 9.98 Å². The van der Waals surface area contributed by atoms with Crippen molar-refractivity contribution in [2.75, 3.05) is 20.3 Å². The highest BCUT2D eigenvalue weighted by molar-refractivity contribution is 5.99. The number of aromatic nitrogens is 1. The number of carbonyl (C=O) groups is 1. The van der Waals surface area contributed by atoms with Gasteiger partial charge >= 0.3 is 5.97 Å². The lowest BCUT2D eigenvalue weighted by Crippen LogP contribution is -2.18. The molecule has 0 spiro atoms. The van der Waals surface area contributed by atoms with Crippen LogP contribution in [0.2, 0.25) is 0 Å². The van der Waals surface area contributed by atoms with Gasteiger partial charge in [-0.05, 0) is 31.0 Å². The van der Waals surface area contributed by atoms with Crippen molar-refractivity contribution < 1.29 is 14.3 Å². The Bertz CT molecular complexity index is 703. The summed E-state index contributed by atoms with van der Waals surface area (Å²) in [6.07, 6.45) is 2.50. The van der Waals surface area contributed by atoms with E-state index < -0.39 is 5.92 Å². The van der Waals surface area contributed by atoms with Crippen molar-refractivity contribution in [3.8, 4) is 5.75 Å². The standard InChI is InChI=1S/C16H18N2O3/c1-3-21-16(19)13-9-17-7-6-12-11-5-4-10(20-2)8-14(11)18-15(12)13/h4-5,8-9,13,18H,3,6-7H2,1-2H3. The first-order valence-electron chi connectivity index (χ1n) is 7.09. The zero-order chi connectivity index (χ0) is 14.8. The highest BCUT2D eigenvalue weighted by Gasteiger charge is 2.27. The molecule has 0 aliphatic carbocycles. The Morgan fingerprint density at radius 1 is 1.48 bits per heavy atom. The molecule has 5 nitrogen and oxygen atoms in total. The van der Waals surface area contributed by atoms with E-state index in [1.54, 1.807) is 13.3 Å². The Morgan fingerprint density at radius 2 is 2.33 bits per heavy atom. The van der Waals surface area contributed by atoms with Crippen LogP contribution >= 0.6 is 0 Å². The number of aliphatic imine (C=N–C) groups is 1. The summed E-state index contributed by atoms with van der Waals surface area (Å²) in [7, 11) is 1.64. The van der Waals surface area contributed by atoms with Crippen molar-refractivity contribution in [2.24, 2.45) is 4.99 Å². The number of methoxy groups -OCH3 is 1. The van der Waals surface area contributed by atoms with Crippen molar-refractivity contribution >= 4 is 23.1 Å². The van der Waals surface area contributed by atoms with E-state index in [1.807, 2.05) is 25.1 Å². The third-order valence-corrected chi connectivity index (χ3v) is 3.74. The summed E-state index contributed by atoms with van der Waals surface area (Å²) < 4.78 is 10.4. The van der Waals surface area contributed by atoms with Crippen molar-refractivity contribution in [1.29, 1.82) is 0 Å². The Labute approximate surface area is 123 Å². The Kier molecular flexibility index (Phi) is 3.64. The van der Waals surface area contributed by atoms with Gasteiger partial charge in [0.2, 0.25) is 0 Å². The number of hydrogen-bond donors (Lipinski definition) is 1. The summed E-state index contributed by atoms with van der Waals surface area (Å²) in [6.45, 7) is 2.86. The van der Waals surface area contributed by atoms with Crippen molar-refractivity contribution in [2.45, 2.75) is 19.3 Å². The monoisotopic (exact) mass is 286 g/mol. The van der Waals surface area contributed by atoms with Gasteiger partial charge in [0.1, 0.15) is 11.7 Å².